The number of benzene rings is 1. The normalized spacial score (nSPS) is 21.0. The van der Waals surface area contributed by atoms with Crippen molar-refractivity contribution in [3.05, 3.63) is 42.7 Å². The predicted molar refractivity (Wildman–Crippen MR) is 99.3 cm³/mol. The van der Waals surface area contributed by atoms with Crippen LogP contribution in [0.25, 0.3) is 20.7 Å². The van der Waals surface area contributed by atoms with Crippen molar-refractivity contribution in [1.29, 1.82) is 0 Å². The monoisotopic (exact) mass is 339 g/mol. The number of hydrogen-bond donors (Lipinski definition) is 2. The molecular weight excluding hydrogens is 318 g/mol. The SMILES string of the molecule is OC[C@H]1CCCC[C@@H]1Nc1ncnc2sc(-c3ccccc3)cc12. The lowest BCUT2D eigenvalue weighted by Crippen LogP contribution is -2.34. The Labute approximate surface area is 145 Å². The summed E-state index contributed by atoms with van der Waals surface area (Å²) in [5.41, 5.74) is 1.21. The minimum absolute atomic E-state index is 0.241. The quantitative estimate of drug-likeness (QED) is 0.743. The molecule has 0 spiro atoms. The summed E-state index contributed by atoms with van der Waals surface area (Å²) >= 11 is 1.69. The summed E-state index contributed by atoms with van der Waals surface area (Å²) in [4.78, 5) is 11.1. The minimum atomic E-state index is 0.241. The Balaban J connectivity index is 1.67. The van der Waals surface area contributed by atoms with Crippen molar-refractivity contribution in [2.24, 2.45) is 5.92 Å². The molecule has 24 heavy (non-hydrogen) atoms. The predicted octanol–water partition coefficient (Wildman–Crippen LogP) is 4.32. The molecule has 4 nitrogen and oxygen atoms in total. The lowest BCUT2D eigenvalue weighted by molar-refractivity contribution is 0.178. The lowest BCUT2D eigenvalue weighted by atomic mass is 9.85. The zero-order chi connectivity index (χ0) is 16.4. The van der Waals surface area contributed by atoms with Crippen LogP contribution in [0.4, 0.5) is 5.82 Å². The third-order valence-electron chi connectivity index (χ3n) is 4.85. The van der Waals surface area contributed by atoms with Gasteiger partial charge < -0.3 is 10.4 Å². The highest BCUT2D eigenvalue weighted by Crippen LogP contribution is 2.36. The van der Waals surface area contributed by atoms with Gasteiger partial charge in [-0.15, -0.1) is 11.3 Å². The number of thiophene rings is 1. The van der Waals surface area contributed by atoms with Crippen LogP contribution in [0.5, 0.6) is 0 Å². The van der Waals surface area contributed by atoms with E-state index in [-0.39, 0.29) is 6.61 Å². The van der Waals surface area contributed by atoms with Crippen molar-refractivity contribution in [2.75, 3.05) is 11.9 Å². The van der Waals surface area contributed by atoms with Gasteiger partial charge in [-0.1, -0.05) is 43.2 Å². The maximum Gasteiger partial charge on any atom is 0.138 e. The largest absolute Gasteiger partial charge is 0.396 e. The Morgan fingerprint density at radius 1 is 1.12 bits per heavy atom. The Kier molecular flexibility index (Phi) is 4.45. The summed E-state index contributed by atoms with van der Waals surface area (Å²) in [5.74, 6) is 1.21. The Bertz CT molecular complexity index is 818. The number of rotatable bonds is 4. The second kappa shape index (κ2) is 6.87. The van der Waals surface area contributed by atoms with Crippen molar-refractivity contribution in [1.82, 2.24) is 9.97 Å². The molecule has 124 valence electrons. The van der Waals surface area contributed by atoms with Crippen molar-refractivity contribution in [2.45, 2.75) is 31.7 Å². The number of aliphatic hydroxyl groups is 1. The highest BCUT2D eigenvalue weighted by molar-refractivity contribution is 7.21. The molecule has 0 aliphatic heterocycles. The van der Waals surface area contributed by atoms with Crippen LogP contribution in [-0.2, 0) is 0 Å². The van der Waals surface area contributed by atoms with E-state index in [1.807, 2.05) is 6.07 Å². The number of nitrogens with zero attached hydrogens (tertiary/aromatic N) is 2. The fourth-order valence-electron chi connectivity index (χ4n) is 3.51. The van der Waals surface area contributed by atoms with Crippen molar-refractivity contribution in [3.63, 3.8) is 0 Å². The Morgan fingerprint density at radius 2 is 1.96 bits per heavy atom. The van der Waals surface area contributed by atoms with Gasteiger partial charge in [0.1, 0.15) is 17.0 Å². The summed E-state index contributed by atoms with van der Waals surface area (Å²) in [6.45, 7) is 0.241. The van der Waals surface area contributed by atoms with E-state index in [9.17, 15) is 5.11 Å². The van der Waals surface area contributed by atoms with Crippen LogP contribution in [0, 0.1) is 5.92 Å². The molecule has 2 aromatic heterocycles. The number of anilines is 1. The first-order valence-corrected chi connectivity index (χ1v) is 9.34. The van der Waals surface area contributed by atoms with Gasteiger partial charge in [-0.25, -0.2) is 9.97 Å². The average Bonchev–Trinajstić information content (AvgIpc) is 3.08. The molecule has 0 saturated heterocycles. The van der Waals surface area contributed by atoms with Gasteiger partial charge in [0.2, 0.25) is 0 Å². The molecule has 1 fully saturated rings. The van der Waals surface area contributed by atoms with Crippen LogP contribution in [0.15, 0.2) is 42.7 Å². The van der Waals surface area contributed by atoms with Gasteiger partial charge in [-0.2, -0.15) is 0 Å². The van der Waals surface area contributed by atoms with Crippen LogP contribution in [0.3, 0.4) is 0 Å². The second-order valence-electron chi connectivity index (χ2n) is 6.40. The molecule has 1 aliphatic rings. The van der Waals surface area contributed by atoms with Gasteiger partial charge in [-0.3, -0.25) is 0 Å². The molecule has 0 amide bonds. The van der Waals surface area contributed by atoms with E-state index in [2.05, 4.69) is 45.6 Å². The maximum absolute atomic E-state index is 9.63. The molecule has 5 heteroatoms. The lowest BCUT2D eigenvalue weighted by Gasteiger charge is -2.31. The van der Waals surface area contributed by atoms with E-state index in [4.69, 9.17) is 0 Å². The summed E-state index contributed by atoms with van der Waals surface area (Å²) in [6.07, 6.45) is 6.22. The van der Waals surface area contributed by atoms with Crippen molar-refractivity contribution >= 4 is 27.4 Å². The third kappa shape index (κ3) is 3.01. The number of nitrogens with one attached hydrogen (secondary N) is 1. The molecule has 2 heterocycles. The maximum atomic E-state index is 9.63. The minimum Gasteiger partial charge on any atom is -0.396 e. The van der Waals surface area contributed by atoms with Crippen LogP contribution >= 0.6 is 11.3 Å². The van der Waals surface area contributed by atoms with E-state index in [1.165, 1.54) is 23.3 Å². The number of aromatic nitrogens is 2. The van der Waals surface area contributed by atoms with Crippen LogP contribution in [-0.4, -0.2) is 27.7 Å². The fraction of sp³-hybridized carbons (Fsp3) is 0.368. The molecule has 0 radical (unpaired) electrons. The number of hydrogen-bond acceptors (Lipinski definition) is 5. The van der Waals surface area contributed by atoms with E-state index >= 15 is 0 Å². The zero-order valence-electron chi connectivity index (χ0n) is 13.5. The molecule has 1 aliphatic carbocycles. The van der Waals surface area contributed by atoms with Crippen LogP contribution in [0.1, 0.15) is 25.7 Å². The zero-order valence-corrected chi connectivity index (χ0v) is 14.3. The van der Waals surface area contributed by atoms with E-state index in [1.54, 1.807) is 17.7 Å². The standard InChI is InChI=1S/C19H21N3OS/c23-11-14-8-4-5-9-16(14)22-18-15-10-17(13-6-2-1-3-7-13)24-19(15)21-12-20-18/h1-3,6-7,10,12,14,16,23H,4-5,8-9,11H2,(H,20,21,22)/t14-,16+/m1/s1. The van der Waals surface area contributed by atoms with E-state index in [0.717, 1.165) is 28.9 Å². The molecule has 2 atom stereocenters. The van der Waals surface area contributed by atoms with Gasteiger partial charge in [0.15, 0.2) is 0 Å². The third-order valence-corrected chi connectivity index (χ3v) is 5.95. The van der Waals surface area contributed by atoms with E-state index in [0.29, 0.717) is 12.0 Å². The Morgan fingerprint density at radius 3 is 2.79 bits per heavy atom. The smallest absolute Gasteiger partial charge is 0.138 e. The van der Waals surface area contributed by atoms with E-state index < -0.39 is 0 Å². The molecular formula is C19H21N3OS. The molecule has 0 bridgehead atoms. The second-order valence-corrected chi connectivity index (χ2v) is 7.43. The first kappa shape index (κ1) is 15.5. The first-order valence-electron chi connectivity index (χ1n) is 8.52. The topological polar surface area (TPSA) is 58.0 Å². The Hall–Kier alpha value is -1.98. The molecule has 1 aromatic carbocycles. The molecule has 0 unspecified atom stereocenters. The first-order chi connectivity index (χ1) is 11.8. The average molecular weight is 339 g/mol. The number of aliphatic hydroxyl groups excluding tert-OH is 1. The summed E-state index contributed by atoms with van der Waals surface area (Å²) in [7, 11) is 0. The van der Waals surface area contributed by atoms with Gasteiger partial charge >= 0.3 is 0 Å². The van der Waals surface area contributed by atoms with Crippen LogP contribution < -0.4 is 5.32 Å². The van der Waals surface area contributed by atoms with Crippen molar-refractivity contribution in [3.8, 4) is 10.4 Å². The highest BCUT2D eigenvalue weighted by Gasteiger charge is 2.25. The molecule has 1 saturated carbocycles. The van der Waals surface area contributed by atoms with Gasteiger partial charge in [0.25, 0.3) is 0 Å². The van der Waals surface area contributed by atoms with Gasteiger partial charge in [-0.05, 0) is 24.5 Å². The fourth-order valence-corrected chi connectivity index (χ4v) is 4.51. The molecule has 2 N–H and O–H groups in total. The van der Waals surface area contributed by atoms with Crippen molar-refractivity contribution < 1.29 is 5.11 Å². The molecule has 4 rings (SSSR count). The highest BCUT2D eigenvalue weighted by atomic mass is 32.1. The number of fused-ring (bicyclic) bond motifs is 1. The summed E-state index contributed by atoms with van der Waals surface area (Å²) < 4.78 is 0. The summed E-state index contributed by atoms with van der Waals surface area (Å²) in [6, 6.07) is 12.8. The summed E-state index contributed by atoms with van der Waals surface area (Å²) in [5, 5.41) is 14.3. The van der Waals surface area contributed by atoms with Gasteiger partial charge in [0.05, 0.1) is 5.39 Å². The van der Waals surface area contributed by atoms with Gasteiger partial charge in [0, 0.05) is 23.4 Å². The molecule has 3 aromatic rings. The van der Waals surface area contributed by atoms with Crippen LogP contribution in [0.2, 0.25) is 0 Å².